The van der Waals surface area contributed by atoms with Crippen LogP contribution < -0.4 is 0 Å². The molecule has 0 aromatic rings. The minimum Gasteiger partial charge on any atom is -0.380 e. The zero-order valence-corrected chi connectivity index (χ0v) is 5.85. The predicted octanol–water partition coefficient (Wildman–Crippen LogP) is 1.56. The Bertz CT molecular complexity index is 123. The summed E-state index contributed by atoms with van der Waals surface area (Å²) in [5, 5.41) is 8.98. The summed E-state index contributed by atoms with van der Waals surface area (Å²) in [6, 6.07) is 0. The minimum atomic E-state index is -0.580. The van der Waals surface area contributed by atoms with Gasteiger partial charge in [0, 0.05) is 0 Å². The molecule has 0 heterocycles. The zero-order valence-electron chi connectivity index (χ0n) is 6.85. The average molecular weight is 127 g/mol. The summed E-state index contributed by atoms with van der Waals surface area (Å²) in [5.41, 5.74) is 0. The van der Waals surface area contributed by atoms with Gasteiger partial charge in [-0.25, -0.2) is 0 Å². The third kappa shape index (κ3) is 5.39. The van der Waals surface area contributed by atoms with Crippen molar-refractivity contribution < 1.29 is 6.48 Å². The third-order valence-corrected chi connectivity index (χ3v) is 1.25. The van der Waals surface area contributed by atoms with E-state index in [0.29, 0.717) is 6.42 Å². The molecule has 9 heavy (non-hydrogen) atoms. The maximum atomic E-state index is 8.98. The van der Waals surface area contributed by atoms with Gasteiger partial charge >= 0.3 is 0 Å². The highest BCUT2D eigenvalue weighted by molar-refractivity contribution is 4.92. The first-order valence-electron chi connectivity index (χ1n) is 3.91. The van der Waals surface area contributed by atoms with E-state index in [1.54, 1.807) is 0 Å². The number of hydrogen-bond acceptors (Lipinski definition) is 1. The van der Waals surface area contributed by atoms with Gasteiger partial charge < -0.3 is 5.11 Å². The van der Waals surface area contributed by atoms with E-state index in [2.05, 4.69) is 12.8 Å². The van der Waals surface area contributed by atoms with Crippen LogP contribution in [-0.2, 0) is 0 Å². The summed E-state index contributed by atoms with van der Waals surface area (Å²) in [5.74, 6) is 2.38. The van der Waals surface area contributed by atoms with Gasteiger partial charge in [-0.1, -0.05) is 25.7 Å². The molecule has 0 aliphatic carbocycles. The average Bonchev–Trinajstić information content (AvgIpc) is 1.89. The molecule has 0 spiro atoms. The molecule has 0 saturated heterocycles. The van der Waals surface area contributed by atoms with Gasteiger partial charge in [-0.05, 0) is 12.8 Å². The highest BCUT2D eigenvalue weighted by Crippen LogP contribution is 2.01. The maximum absolute atomic E-state index is 8.98. The second-order valence-corrected chi connectivity index (χ2v) is 2.16. The van der Waals surface area contributed by atoms with Crippen molar-refractivity contribution in [2.45, 2.75) is 38.7 Å². The third-order valence-electron chi connectivity index (χ3n) is 1.25. The normalized spacial score (nSPS) is 13.3. The number of hydrogen-bond donors (Lipinski definition) is 1. The molecule has 1 N–H and O–H groups in total. The van der Waals surface area contributed by atoms with Gasteiger partial charge in [0.1, 0.15) is 7.47 Å². The summed E-state index contributed by atoms with van der Waals surface area (Å²) in [6.45, 7) is 2.11. The molecule has 52 valence electrons. The first kappa shape index (κ1) is 6.64. The summed E-state index contributed by atoms with van der Waals surface area (Å²) in [6.07, 6.45) is 5.37. The van der Waals surface area contributed by atoms with E-state index >= 15 is 0 Å². The molecule has 0 saturated carbocycles. The molecular formula is C8H14O. The molecule has 1 unspecified atom stereocenters. The summed E-state index contributed by atoms with van der Waals surface area (Å²) >= 11 is 0. The molecule has 0 rings (SSSR count). The number of unbranched alkanes of at least 4 members (excludes halogenated alkanes) is 2. The van der Waals surface area contributed by atoms with E-state index in [4.69, 9.17) is 6.48 Å². The fourth-order valence-corrected chi connectivity index (χ4v) is 0.660. The molecule has 1 atom stereocenters. The largest absolute Gasteiger partial charge is 0.380 e. The Labute approximate surface area is 58.5 Å². The Hall–Kier alpha value is -0.480. The number of aliphatic hydroxyl groups is 1. The Balaban J connectivity index is 3.18. The van der Waals surface area contributed by atoms with E-state index in [9.17, 15) is 0 Å². The topological polar surface area (TPSA) is 20.2 Å². The van der Waals surface area contributed by atoms with Crippen LogP contribution in [0.25, 0.3) is 0 Å². The van der Waals surface area contributed by atoms with Crippen molar-refractivity contribution in [3.8, 4) is 12.3 Å². The van der Waals surface area contributed by atoms with E-state index < -0.39 is 6.10 Å². The van der Waals surface area contributed by atoms with Crippen molar-refractivity contribution in [3.63, 3.8) is 0 Å². The predicted molar refractivity (Wildman–Crippen MR) is 39.0 cm³/mol. The lowest BCUT2D eigenvalue weighted by Gasteiger charge is -1.99. The van der Waals surface area contributed by atoms with E-state index in [1.807, 2.05) is 6.40 Å². The molecule has 0 fully saturated rings. The van der Waals surface area contributed by atoms with Crippen LogP contribution in [0.1, 0.15) is 34.0 Å². The Morgan fingerprint density at radius 2 is 2.56 bits per heavy atom. The highest BCUT2D eigenvalue weighted by atomic mass is 16.3. The van der Waals surface area contributed by atoms with Crippen molar-refractivity contribution in [2.75, 3.05) is 0 Å². The van der Waals surface area contributed by atoms with Gasteiger partial charge in [-0.15, -0.1) is 6.40 Å². The lowest BCUT2D eigenvalue weighted by atomic mass is 10.1. The van der Waals surface area contributed by atoms with Crippen LogP contribution in [-0.4, -0.2) is 11.2 Å². The maximum Gasteiger partial charge on any atom is 0.124 e. The molecule has 0 aromatic heterocycles. The molecule has 1 heteroatoms. The molecule has 0 aliphatic heterocycles. The lowest BCUT2D eigenvalue weighted by Crippen LogP contribution is -2.00. The van der Waals surface area contributed by atoms with Crippen molar-refractivity contribution in [1.29, 1.82) is 0 Å². The Morgan fingerprint density at radius 1 is 1.78 bits per heavy atom. The van der Waals surface area contributed by atoms with Crippen LogP contribution in [0.15, 0.2) is 0 Å². The quantitative estimate of drug-likeness (QED) is 0.449. The second-order valence-electron chi connectivity index (χ2n) is 2.16. The fraction of sp³-hybridized carbons (Fsp3) is 0.750. The molecule has 0 aliphatic rings. The van der Waals surface area contributed by atoms with Crippen LogP contribution in [0.3, 0.4) is 0 Å². The highest BCUT2D eigenvalue weighted by Gasteiger charge is 1.95. The molecule has 1 nitrogen and oxygen atoms in total. The van der Waals surface area contributed by atoms with Crippen LogP contribution in [0, 0.1) is 12.3 Å². The van der Waals surface area contributed by atoms with Crippen molar-refractivity contribution in [3.05, 3.63) is 0 Å². The van der Waals surface area contributed by atoms with Gasteiger partial charge in [-0.2, -0.15) is 0 Å². The monoisotopic (exact) mass is 127 g/mol. The van der Waals surface area contributed by atoms with E-state index in [0.717, 1.165) is 19.3 Å². The van der Waals surface area contributed by atoms with Gasteiger partial charge in [0.05, 0.1) is 0 Å². The lowest BCUT2D eigenvalue weighted by molar-refractivity contribution is 0.217. The number of terminal acetylenes is 1. The molecule has 0 amide bonds. The number of aliphatic hydroxyl groups excluding tert-OH is 1. The SMILES string of the molecule is [2H]C#CC(O)CCCCC. The Morgan fingerprint density at radius 3 is 3.11 bits per heavy atom. The van der Waals surface area contributed by atoms with E-state index in [1.165, 1.54) is 0 Å². The summed E-state index contributed by atoms with van der Waals surface area (Å²) in [7, 11) is 0. The number of rotatable bonds is 4. The first-order chi connectivity index (χ1) is 4.81. The summed E-state index contributed by atoms with van der Waals surface area (Å²) < 4.78 is 6.49. The fourth-order valence-electron chi connectivity index (χ4n) is 0.660. The zero-order chi connectivity index (χ0) is 7.82. The minimum absolute atomic E-state index is 0.580. The van der Waals surface area contributed by atoms with Crippen molar-refractivity contribution in [1.82, 2.24) is 0 Å². The smallest absolute Gasteiger partial charge is 0.124 e. The van der Waals surface area contributed by atoms with Gasteiger partial charge in [-0.3, -0.25) is 0 Å². The van der Waals surface area contributed by atoms with Crippen molar-refractivity contribution >= 4 is 0 Å². The Kier molecular flexibility index (Phi) is 4.17. The van der Waals surface area contributed by atoms with Gasteiger partial charge in [0.2, 0.25) is 0 Å². The van der Waals surface area contributed by atoms with Gasteiger partial charge in [0.15, 0.2) is 0 Å². The van der Waals surface area contributed by atoms with Crippen LogP contribution >= 0.6 is 0 Å². The van der Waals surface area contributed by atoms with Gasteiger partial charge in [0.25, 0.3) is 0 Å². The summed E-state index contributed by atoms with van der Waals surface area (Å²) in [4.78, 5) is 0. The molecule has 0 radical (unpaired) electrons. The van der Waals surface area contributed by atoms with Crippen LogP contribution in [0.4, 0.5) is 0 Å². The van der Waals surface area contributed by atoms with E-state index in [-0.39, 0.29) is 0 Å². The first-order valence-corrected chi connectivity index (χ1v) is 3.41. The van der Waals surface area contributed by atoms with Crippen molar-refractivity contribution in [2.24, 2.45) is 0 Å². The molecule has 0 bridgehead atoms. The molecular weight excluding hydrogens is 112 g/mol. The molecule has 0 aromatic carbocycles. The second kappa shape index (κ2) is 5.65. The van der Waals surface area contributed by atoms with Crippen LogP contribution in [0.2, 0.25) is 0 Å². The van der Waals surface area contributed by atoms with Crippen LogP contribution in [0.5, 0.6) is 0 Å². The standard InChI is InChI=1S/C8H14O/c1-3-5-6-7-8(9)4-2/h2,8-9H,3,5-7H2,1H3/i2D.